The first-order valence-electron chi connectivity index (χ1n) is 7.98. The summed E-state index contributed by atoms with van der Waals surface area (Å²) >= 11 is 0. The summed E-state index contributed by atoms with van der Waals surface area (Å²) in [6, 6.07) is 10.5. The largest absolute Gasteiger partial charge is 0.378 e. The van der Waals surface area contributed by atoms with E-state index in [2.05, 4.69) is 53.5 Å². The summed E-state index contributed by atoms with van der Waals surface area (Å²) in [5.41, 5.74) is 2.73. The molecular weight excluding hydrogens is 246 g/mol. The molecule has 3 heteroatoms. The molecule has 2 atom stereocenters. The maximum absolute atomic E-state index is 3.69. The number of nitrogens with zero attached hydrogens (tertiary/aromatic N) is 2. The van der Waals surface area contributed by atoms with Gasteiger partial charge in [0.15, 0.2) is 0 Å². The predicted octanol–water partition coefficient (Wildman–Crippen LogP) is 2.47. The van der Waals surface area contributed by atoms with Gasteiger partial charge in [0.05, 0.1) is 0 Å². The van der Waals surface area contributed by atoms with Gasteiger partial charge < -0.3 is 10.2 Å². The first kappa shape index (κ1) is 13.9. The van der Waals surface area contributed by atoms with E-state index < -0.39 is 0 Å². The highest BCUT2D eigenvalue weighted by Crippen LogP contribution is 2.26. The van der Waals surface area contributed by atoms with Crippen LogP contribution in [0.25, 0.3) is 0 Å². The molecule has 1 aromatic carbocycles. The number of rotatable bonds is 4. The molecule has 20 heavy (non-hydrogen) atoms. The highest BCUT2D eigenvalue weighted by atomic mass is 15.2. The van der Waals surface area contributed by atoms with E-state index >= 15 is 0 Å². The Morgan fingerprint density at radius 2 is 1.95 bits per heavy atom. The molecule has 3 nitrogen and oxygen atoms in total. The fraction of sp³-hybridized carbons (Fsp3) is 0.647. The Labute approximate surface area is 123 Å². The molecule has 0 aromatic heterocycles. The fourth-order valence-corrected chi connectivity index (χ4v) is 3.68. The summed E-state index contributed by atoms with van der Waals surface area (Å²) in [7, 11) is 4.19. The average molecular weight is 273 g/mol. The lowest BCUT2D eigenvalue weighted by atomic mass is 10.0. The highest BCUT2D eigenvalue weighted by Gasteiger charge is 2.32. The molecule has 0 bridgehead atoms. The van der Waals surface area contributed by atoms with Crippen molar-refractivity contribution in [3.63, 3.8) is 0 Å². The first-order chi connectivity index (χ1) is 9.74. The maximum atomic E-state index is 3.69. The zero-order valence-electron chi connectivity index (χ0n) is 12.8. The van der Waals surface area contributed by atoms with Crippen molar-refractivity contribution in [2.75, 3.05) is 32.1 Å². The van der Waals surface area contributed by atoms with Crippen LogP contribution in [0.1, 0.15) is 31.2 Å². The molecular formula is C17H27N3. The van der Waals surface area contributed by atoms with E-state index in [1.165, 1.54) is 50.0 Å². The van der Waals surface area contributed by atoms with Gasteiger partial charge >= 0.3 is 0 Å². The van der Waals surface area contributed by atoms with E-state index in [9.17, 15) is 0 Å². The standard InChI is InChI=1S/C17H27N3/c1-19(2)15-9-7-14(8-10-15)13-20-12-4-6-17(20)16-5-3-11-18-16/h7-10,16-18H,3-6,11-13H2,1-2H3. The van der Waals surface area contributed by atoms with Gasteiger partial charge in [0, 0.05) is 38.4 Å². The number of anilines is 1. The maximum Gasteiger partial charge on any atom is 0.0361 e. The Bertz CT molecular complexity index is 420. The Hall–Kier alpha value is -1.06. The first-order valence-corrected chi connectivity index (χ1v) is 7.98. The third kappa shape index (κ3) is 2.99. The predicted molar refractivity (Wildman–Crippen MR) is 85.2 cm³/mol. The Balaban J connectivity index is 1.63. The van der Waals surface area contributed by atoms with Crippen molar-refractivity contribution in [3.8, 4) is 0 Å². The highest BCUT2D eigenvalue weighted by molar-refractivity contribution is 5.45. The lowest BCUT2D eigenvalue weighted by Crippen LogP contribution is -2.43. The van der Waals surface area contributed by atoms with Gasteiger partial charge in [-0.1, -0.05) is 12.1 Å². The minimum Gasteiger partial charge on any atom is -0.378 e. The monoisotopic (exact) mass is 273 g/mol. The molecule has 2 aliphatic rings. The molecule has 2 heterocycles. The summed E-state index contributed by atoms with van der Waals surface area (Å²) in [5, 5.41) is 3.69. The van der Waals surface area contributed by atoms with Crippen LogP contribution < -0.4 is 10.2 Å². The van der Waals surface area contributed by atoms with Crippen LogP contribution in [0.2, 0.25) is 0 Å². The molecule has 1 aromatic rings. The third-order valence-electron chi connectivity index (χ3n) is 4.82. The van der Waals surface area contributed by atoms with Crippen molar-refractivity contribution in [2.24, 2.45) is 0 Å². The number of hydrogen-bond acceptors (Lipinski definition) is 3. The number of benzene rings is 1. The van der Waals surface area contributed by atoms with Gasteiger partial charge in [-0.25, -0.2) is 0 Å². The van der Waals surface area contributed by atoms with E-state index in [0.29, 0.717) is 0 Å². The second-order valence-corrected chi connectivity index (χ2v) is 6.44. The molecule has 2 fully saturated rings. The van der Waals surface area contributed by atoms with Crippen molar-refractivity contribution in [3.05, 3.63) is 29.8 Å². The average Bonchev–Trinajstić information content (AvgIpc) is 3.09. The molecule has 2 aliphatic heterocycles. The van der Waals surface area contributed by atoms with Crippen LogP contribution in [0.4, 0.5) is 5.69 Å². The quantitative estimate of drug-likeness (QED) is 0.909. The molecule has 110 valence electrons. The van der Waals surface area contributed by atoms with Crippen LogP contribution in [-0.4, -0.2) is 44.2 Å². The molecule has 3 rings (SSSR count). The van der Waals surface area contributed by atoms with E-state index in [-0.39, 0.29) is 0 Å². The number of hydrogen-bond donors (Lipinski definition) is 1. The van der Waals surface area contributed by atoms with Crippen molar-refractivity contribution < 1.29 is 0 Å². The zero-order chi connectivity index (χ0) is 13.9. The SMILES string of the molecule is CN(C)c1ccc(CN2CCCC2C2CCCN2)cc1. The third-order valence-corrected chi connectivity index (χ3v) is 4.82. The van der Waals surface area contributed by atoms with Gasteiger partial charge in [0.25, 0.3) is 0 Å². The molecule has 2 unspecified atom stereocenters. The van der Waals surface area contributed by atoms with Crippen molar-refractivity contribution in [2.45, 2.75) is 44.3 Å². The second kappa shape index (κ2) is 6.15. The van der Waals surface area contributed by atoms with E-state index in [0.717, 1.165) is 18.6 Å². The molecule has 1 N–H and O–H groups in total. The van der Waals surface area contributed by atoms with Gasteiger partial charge in [0.2, 0.25) is 0 Å². The van der Waals surface area contributed by atoms with E-state index in [1.54, 1.807) is 0 Å². The lowest BCUT2D eigenvalue weighted by Gasteiger charge is -2.29. The van der Waals surface area contributed by atoms with Crippen LogP contribution in [0.3, 0.4) is 0 Å². The molecule has 0 saturated carbocycles. The lowest BCUT2D eigenvalue weighted by molar-refractivity contribution is 0.206. The van der Waals surface area contributed by atoms with Gasteiger partial charge in [0.1, 0.15) is 0 Å². The van der Waals surface area contributed by atoms with Crippen molar-refractivity contribution in [1.82, 2.24) is 10.2 Å². The number of likely N-dealkylation sites (tertiary alicyclic amines) is 1. The van der Waals surface area contributed by atoms with Crippen LogP contribution in [0, 0.1) is 0 Å². The minimum atomic E-state index is 0.735. The van der Waals surface area contributed by atoms with Crippen molar-refractivity contribution >= 4 is 5.69 Å². The minimum absolute atomic E-state index is 0.735. The summed E-state index contributed by atoms with van der Waals surface area (Å²) in [4.78, 5) is 4.85. The molecule has 0 aliphatic carbocycles. The van der Waals surface area contributed by atoms with Crippen LogP contribution in [0.5, 0.6) is 0 Å². The van der Waals surface area contributed by atoms with Crippen LogP contribution >= 0.6 is 0 Å². The normalized spacial score (nSPS) is 27.1. The zero-order valence-corrected chi connectivity index (χ0v) is 12.8. The summed E-state index contributed by atoms with van der Waals surface area (Å²) in [6.45, 7) is 3.58. The Kier molecular flexibility index (Phi) is 4.27. The Morgan fingerprint density at radius 3 is 2.60 bits per heavy atom. The summed E-state index contributed by atoms with van der Waals surface area (Å²) < 4.78 is 0. The van der Waals surface area contributed by atoms with Crippen LogP contribution in [0.15, 0.2) is 24.3 Å². The summed E-state index contributed by atoms with van der Waals surface area (Å²) in [6.07, 6.45) is 5.44. The van der Waals surface area contributed by atoms with Crippen molar-refractivity contribution in [1.29, 1.82) is 0 Å². The van der Waals surface area contributed by atoms with E-state index in [4.69, 9.17) is 0 Å². The molecule has 0 spiro atoms. The topological polar surface area (TPSA) is 18.5 Å². The van der Waals surface area contributed by atoms with E-state index in [1.807, 2.05) is 0 Å². The van der Waals surface area contributed by atoms with Gasteiger partial charge in [-0.2, -0.15) is 0 Å². The molecule has 2 saturated heterocycles. The van der Waals surface area contributed by atoms with Crippen LogP contribution in [-0.2, 0) is 6.54 Å². The number of nitrogens with one attached hydrogen (secondary N) is 1. The smallest absolute Gasteiger partial charge is 0.0361 e. The van der Waals surface area contributed by atoms with Gasteiger partial charge in [-0.05, 0) is 56.5 Å². The molecule has 0 amide bonds. The van der Waals surface area contributed by atoms with Gasteiger partial charge in [-0.3, -0.25) is 4.90 Å². The Morgan fingerprint density at radius 1 is 1.15 bits per heavy atom. The molecule has 0 radical (unpaired) electrons. The second-order valence-electron chi connectivity index (χ2n) is 6.44. The summed E-state index contributed by atoms with van der Waals surface area (Å²) in [5.74, 6) is 0. The van der Waals surface area contributed by atoms with Gasteiger partial charge in [-0.15, -0.1) is 0 Å². The fourth-order valence-electron chi connectivity index (χ4n) is 3.68.